The monoisotopic (exact) mass is 366 g/mol. The second kappa shape index (κ2) is 7.68. The van der Waals surface area contributed by atoms with Gasteiger partial charge in [-0.05, 0) is 43.1 Å². The first-order valence-corrected chi connectivity index (χ1v) is 9.05. The van der Waals surface area contributed by atoms with Gasteiger partial charge in [0.2, 0.25) is 0 Å². The number of hydrogen-bond acceptors (Lipinski definition) is 4. The Balaban J connectivity index is 1.67. The molecule has 1 aromatic carbocycles. The zero-order valence-electron chi connectivity index (χ0n) is 14.1. The van der Waals surface area contributed by atoms with Crippen molar-refractivity contribution in [3.63, 3.8) is 0 Å². The smallest absolute Gasteiger partial charge is 0.198 e. The summed E-state index contributed by atoms with van der Waals surface area (Å²) in [5, 5.41) is 5.23. The number of aromatic nitrogens is 3. The Morgan fingerprint density at radius 2 is 2.00 bits per heavy atom. The van der Waals surface area contributed by atoms with E-state index in [4.69, 9.17) is 28.6 Å². The number of nitrogens with zero attached hydrogens (tertiary/aromatic N) is 4. The van der Waals surface area contributed by atoms with Crippen LogP contribution in [0.25, 0.3) is 0 Å². The molecule has 1 aliphatic heterocycles. The van der Waals surface area contributed by atoms with Crippen LogP contribution in [-0.2, 0) is 20.3 Å². The lowest BCUT2D eigenvalue weighted by molar-refractivity contribution is 0.145. The topological polar surface area (TPSA) is 35.2 Å². The van der Waals surface area contributed by atoms with E-state index in [9.17, 15) is 0 Å². The molecule has 0 amide bonds. The Morgan fingerprint density at radius 1 is 1.29 bits per heavy atom. The number of benzene rings is 1. The van der Waals surface area contributed by atoms with Crippen LogP contribution < -0.4 is 4.74 Å². The van der Waals surface area contributed by atoms with Crippen molar-refractivity contribution < 1.29 is 4.74 Å². The van der Waals surface area contributed by atoms with E-state index in [2.05, 4.69) is 16.9 Å². The van der Waals surface area contributed by atoms with Gasteiger partial charge < -0.3 is 9.30 Å². The molecule has 130 valence electrons. The molecule has 2 heterocycles. The largest absolute Gasteiger partial charge is 0.484 e. The molecule has 0 N–H and O–H groups in total. The molecule has 0 atom stereocenters. The molecular weight excluding hydrogens is 344 g/mol. The third-order valence-electron chi connectivity index (χ3n) is 4.53. The normalized spacial score (nSPS) is 16.5. The first kappa shape index (κ1) is 17.5. The van der Waals surface area contributed by atoms with Crippen LogP contribution in [0.3, 0.4) is 0 Å². The van der Waals surface area contributed by atoms with Gasteiger partial charge in [0, 0.05) is 20.1 Å². The highest BCUT2D eigenvalue weighted by Gasteiger charge is 2.17. The molecule has 1 fully saturated rings. The van der Waals surface area contributed by atoms with Gasteiger partial charge in [0.05, 0.1) is 11.7 Å². The third kappa shape index (κ3) is 3.99. The fourth-order valence-electron chi connectivity index (χ4n) is 2.85. The Bertz CT molecular complexity index is 749. The quantitative estimate of drug-likeness (QED) is 0.752. The van der Waals surface area contributed by atoms with Gasteiger partial charge in [0.1, 0.15) is 12.4 Å². The lowest BCUT2D eigenvalue weighted by Gasteiger charge is -2.29. The van der Waals surface area contributed by atoms with E-state index in [1.54, 1.807) is 0 Å². The van der Waals surface area contributed by atoms with Crippen molar-refractivity contribution in [3.8, 4) is 5.75 Å². The number of hydrogen-bond donors (Lipinski definition) is 0. The molecule has 2 aromatic rings. The molecule has 7 heteroatoms. The number of rotatable bonds is 5. The molecule has 0 spiro atoms. The summed E-state index contributed by atoms with van der Waals surface area (Å²) in [5.41, 5.74) is 0. The Morgan fingerprint density at radius 3 is 2.71 bits per heavy atom. The maximum Gasteiger partial charge on any atom is 0.198 e. The molecule has 3 rings (SSSR count). The van der Waals surface area contributed by atoms with E-state index >= 15 is 0 Å². The van der Waals surface area contributed by atoms with Crippen molar-refractivity contribution in [3.05, 3.63) is 39.9 Å². The predicted molar refractivity (Wildman–Crippen MR) is 97.8 cm³/mol. The van der Waals surface area contributed by atoms with Crippen LogP contribution in [0.1, 0.15) is 25.6 Å². The fraction of sp³-hybridized carbons (Fsp3) is 0.529. The van der Waals surface area contributed by atoms with Gasteiger partial charge in [-0.3, -0.25) is 4.90 Å². The maximum absolute atomic E-state index is 6.12. The minimum atomic E-state index is 0.341. The van der Waals surface area contributed by atoms with Crippen LogP contribution in [-0.4, -0.2) is 32.3 Å². The van der Waals surface area contributed by atoms with Crippen LogP contribution in [0.15, 0.2) is 24.3 Å². The molecule has 0 unspecified atom stereocenters. The molecule has 24 heavy (non-hydrogen) atoms. The second-order valence-corrected chi connectivity index (χ2v) is 7.19. The van der Waals surface area contributed by atoms with Crippen LogP contribution in [0.5, 0.6) is 5.75 Å². The number of likely N-dealkylation sites (tertiary alicyclic amines) is 1. The zero-order valence-corrected chi connectivity index (χ0v) is 15.7. The predicted octanol–water partition coefficient (Wildman–Crippen LogP) is 3.87. The molecule has 0 saturated carbocycles. The fourth-order valence-corrected chi connectivity index (χ4v) is 3.24. The highest BCUT2D eigenvalue weighted by Crippen LogP contribution is 2.24. The average Bonchev–Trinajstić information content (AvgIpc) is 2.84. The summed E-state index contributed by atoms with van der Waals surface area (Å²) in [5.74, 6) is 2.27. The molecular formula is C17H23ClN4OS. The average molecular weight is 367 g/mol. The molecule has 1 aromatic heterocycles. The SMILES string of the molecule is CC1CCN(Cn2nc(COc3ccccc3Cl)n(C)c2=S)CC1. The van der Waals surface area contributed by atoms with E-state index in [0.29, 0.717) is 22.2 Å². The second-order valence-electron chi connectivity index (χ2n) is 6.42. The van der Waals surface area contributed by atoms with Crippen molar-refractivity contribution in [2.45, 2.75) is 33.0 Å². The first-order valence-electron chi connectivity index (χ1n) is 8.27. The van der Waals surface area contributed by atoms with Crippen molar-refractivity contribution in [2.75, 3.05) is 13.1 Å². The van der Waals surface area contributed by atoms with Gasteiger partial charge in [-0.2, -0.15) is 5.10 Å². The third-order valence-corrected chi connectivity index (χ3v) is 5.33. The van der Waals surface area contributed by atoms with Gasteiger partial charge >= 0.3 is 0 Å². The van der Waals surface area contributed by atoms with Gasteiger partial charge in [-0.25, -0.2) is 4.68 Å². The van der Waals surface area contributed by atoms with Crippen LogP contribution in [0, 0.1) is 10.7 Å². The van der Waals surface area contributed by atoms with E-state index < -0.39 is 0 Å². The van der Waals surface area contributed by atoms with Gasteiger partial charge in [0.15, 0.2) is 10.6 Å². The Kier molecular flexibility index (Phi) is 5.58. The van der Waals surface area contributed by atoms with Gasteiger partial charge in [-0.15, -0.1) is 0 Å². The molecule has 1 aliphatic rings. The minimum Gasteiger partial charge on any atom is -0.484 e. The van der Waals surface area contributed by atoms with Crippen molar-refractivity contribution in [1.29, 1.82) is 0 Å². The van der Waals surface area contributed by atoms with Crippen molar-refractivity contribution in [2.24, 2.45) is 13.0 Å². The summed E-state index contributed by atoms with van der Waals surface area (Å²) in [7, 11) is 1.93. The van der Waals surface area contributed by atoms with Crippen LogP contribution in [0.2, 0.25) is 5.02 Å². The lowest BCUT2D eigenvalue weighted by atomic mass is 10.00. The highest BCUT2D eigenvalue weighted by atomic mass is 35.5. The zero-order chi connectivity index (χ0) is 17.1. The molecule has 5 nitrogen and oxygen atoms in total. The first-order chi connectivity index (χ1) is 11.5. The highest BCUT2D eigenvalue weighted by molar-refractivity contribution is 7.71. The summed E-state index contributed by atoms with van der Waals surface area (Å²) >= 11 is 11.6. The maximum atomic E-state index is 6.12. The molecule has 1 saturated heterocycles. The summed E-state index contributed by atoms with van der Waals surface area (Å²) in [6, 6.07) is 7.44. The number of piperidine rings is 1. The number of para-hydroxylation sites is 1. The summed E-state index contributed by atoms with van der Waals surface area (Å²) in [6.07, 6.45) is 2.48. The van der Waals surface area contributed by atoms with Crippen molar-refractivity contribution in [1.82, 2.24) is 19.2 Å². The molecule has 0 radical (unpaired) electrons. The molecule has 0 bridgehead atoms. The number of halogens is 1. The van der Waals surface area contributed by atoms with Gasteiger partial charge in [0.25, 0.3) is 0 Å². The van der Waals surface area contributed by atoms with E-state index in [1.807, 2.05) is 40.6 Å². The van der Waals surface area contributed by atoms with Crippen LogP contribution >= 0.6 is 23.8 Å². The van der Waals surface area contributed by atoms with Crippen molar-refractivity contribution >= 4 is 23.8 Å². The Hall–Kier alpha value is -1.37. The van der Waals surface area contributed by atoms with Crippen LogP contribution in [0.4, 0.5) is 0 Å². The minimum absolute atomic E-state index is 0.341. The van der Waals surface area contributed by atoms with Gasteiger partial charge in [-0.1, -0.05) is 30.7 Å². The Labute approximate surface area is 152 Å². The lowest BCUT2D eigenvalue weighted by Crippen LogP contribution is -2.34. The van der Waals surface area contributed by atoms with E-state index in [1.165, 1.54) is 12.8 Å². The molecule has 0 aliphatic carbocycles. The van der Waals surface area contributed by atoms with E-state index in [-0.39, 0.29) is 0 Å². The summed E-state index contributed by atoms with van der Waals surface area (Å²) in [6.45, 7) is 5.60. The summed E-state index contributed by atoms with van der Waals surface area (Å²) < 4.78 is 10.3. The number of ether oxygens (including phenoxy) is 1. The van der Waals surface area contributed by atoms with E-state index in [0.717, 1.165) is 31.5 Å². The standard InChI is InChI=1S/C17H23ClN4OS/c1-13-7-9-21(10-8-13)12-22-17(24)20(2)16(19-22)11-23-15-6-4-3-5-14(15)18/h3-6,13H,7-12H2,1-2H3. The summed E-state index contributed by atoms with van der Waals surface area (Å²) in [4.78, 5) is 2.40.